The minimum atomic E-state index is -0.270. The average molecular weight is 193 g/mol. The zero-order valence-corrected chi connectivity index (χ0v) is 7.77. The van der Waals surface area contributed by atoms with Gasteiger partial charge in [-0.15, -0.1) is 0 Å². The maximum absolute atomic E-state index is 9.35. The van der Waals surface area contributed by atoms with Crippen LogP contribution >= 0.6 is 0 Å². The number of nitrogens with one attached hydrogen (secondary N) is 1. The number of aromatic nitrogens is 1. The van der Waals surface area contributed by atoms with Gasteiger partial charge in [-0.2, -0.15) is 0 Å². The number of hydrogen-bond acceptors (Lipinski definition) is 4. The van der Waals surface area contributed by atoms with Gasteiger partial charge in [0.15, 0.2) is 5.82 Å². The van der Waals surface area contributed by atoms with E-state index in [0.29, 0.717) is 6.54 Å². The Morgan fingerprint density at radius 2 is 2.36 bits per heavy atom. The summed E-state index contributed by atoms with van der Waals surface area (Å²) in [5.41, 5.74) is 13.2. The summed E-state index contributed by atoms with van der Waals surface area (Å²) in [4.78, 5) is 6.07. The normalized spacial score (nSPS) is 21.5. The van der Waals surface area contributed by atoms with Crippen molar-refractivity contribution < 1.29 is 5.11 Å². The van der Waals surface area contributed by atoms with Crippen LogP contribution in [0, 0.1) is 0 Å². The molecule has 1 radical (unpaired) electrons. The van der Waals surface area contributed by atoms with Crippen molar-refractivity contribution in [1.29, 1.82) is 0 Å². The fraction of sp³-hybridized carbons (Fsp3) is 0.444. The molecule has 14 heavy (non-hydrogen) atoms. The number of nitrogens with zero attached hydrogens (tertiary/aromatic N) is 2. The molecule has 5 nitrogen and oxygen atoms in total. The summed E-state index contributed by atoms with van der Waals surface area (Å²) in [7, 11) is 0. The number of pyridine rings is 1. The highest BCUT2D eigenvalue weighted by molar-refractivity contribution is 5.60. The Bertz CT molecular complexity index is 342. The predicted octanol–water partition coefficient (Wildman–Crippen LogP) is 0.149. The number of aliphatic hydroxyl groups is 1. The lowest BCUT2D eigenvalue weighted by Gasteiger charge is -2.16. The number of aliphatic hydroxyl groups excluding tert-OH is 1. The lowest BCUT2D eigenvalue weighted by atomic mass is 10.3. The first-order chi connectivity index (χ1) is 6.66. The predicted molar refractivity (Wildman–Crippen MR) is 54.2 cm³/mol. The fourth-order valence-electron chi connectivity index (χ4n) is 1.59. The Balaban J connectivity index is 2.20. The summed E-state index contributed by atoms with van der Waals surface area (Å²) in [6, 6.07) is 3.39. The molecule has 0 bridgehead atoms. The molecule has 4 N–H and O–H groups in total. The van der Waals surface area contributed by atoms with Crippen LogP contribution in [0.3, 0.4) is 0 Å². The quantitative estimate of drug-likeness (QED) is 0.664. The largest absolute Gasteiger partial charge is 0.391 e. The molecule has 1 aliphatic rings. The molecular formula is C9H13N4O. The first kappa shape index (κ1) is 9.08. The number of β-amino-alcohol motifs (C(OH)–C–C–N with tert-alkyl or cyclic N) is 1. The number of nitrogen functional groups attached to an aromatic ring is 1. The Morgan fingerprint density at radius 3 is 2.93 bits per heavy atom. The maximum atomic E-state index is 9.35. The van der Waals surface area contributed by atoms with Crippen LogP contribution in [0.5, 0.6) is 0 Å². The van der Waals surface area contributed by atoms with E-state index >= 15 is 0 Å². The van der Waals surface area contributed by atoms with Gasteiger partial charge in [0.25, 0.3) is 0 Å². The second-order valence-corrected chi connectivity index (χ2v) is 3.49. The second kappa shape index (κ2) is 3.34. The highest BCUT2D eigenvalue weighted by Crippen LogP contribution is 2.22. The van der Waals surface area contributed by atoms with Crippen molar-refractivity contribution in [1.82, 2.24) is 10.7 Å². The van der Waals surface area contributed by atoms with Crippen molar-refractivity contribution >= 4 is 17.3 Å². The van der Waals surface area contributed by atoms with E-state index in [0.717, 1.165) is 18.8 Å². The molecule has 1 saturated heterocycles. The summed E-state index contributed by atoms with van der Waals surface area (Å²) < 4.78 is 0. The summed E-state index contributed by atoms with van der Waals surface area (Å²) >= 11 is 0. The molecule has 1 atom stereocenters. The first-order valence-corrected chi connectivity index (χ1v) is 4.58. The lowest BCUT2D eigenvalue weighted by Crippen LogP contribution is -2.22. The number of rotatable bonds is 1. The Kier molecular flexibility index (Phi) is 2.17. The summed E-state index contributed by atoms with van der Waals surface area (Å²) in [6.45, 7) is 1.40. The molecule has 1 aliphatic heterocycles. The summed E-state index contributed by atoms with van der Waals surface area (Å²) in [5.74, 6) is 0.985. The van der Waals surface area contributed by atoms with Gasteiger partial charge >= 0.3 is 0 Å². The number of anilines is 2. The Hall–Kier alpha value is -1.49. The molecule has 1 aromatic rings. The third kappa shape index (κ3) is 1.58. The third-order valence-corrected chi connectivity index (χ3v) is 2.40. The zero-order chi connectivity index (χ0) is 10.1. The van der Waals surface area contributed by atoms with Crippen LogP contribution < -0.4 is 16.4 Å². The highest BCUT2D eigenvalue weighted by Gasteiger charge is 2.21. The van der Waals surface area contributed by atoms with Gasteiger partial charge in [-0.1, -0.05) is 0 Å². The van der Waals surface area contributed by atoms with E-state index in [-0.39, 0.29) is 17.6 Å². The van der Waals surface area contributed by atoms with Gasteiger partial charge < -0.3 is 15.7 Å². The van der Waals surface area contributed by atoms with Crippen molar-refractivity contribution in [3.63, 3.8) is 0 Å². The van der Waals surface area contributed by atoms with Gasteiger partial charge in [-0.05, 0) is 18.6 Å². The topological polar surface area (TPSA) is 86.2 Å². The number of hydrogen-bond donors (Lipinski definition) is 2. The van der Waals surface area contributed by atoms with E-state index in [1.165, 1.54) is 0 Å². The standard InChI is InChI=1S/C9H13N4O/c10-7-1-2-8(12-9(7)11)13-4-3-6(14)5-13/h1-2,6,10,14H,3-5H2,(H2,11,12). The third-order valence-electron chi connectivity index (χ3n) is 2.40. The van der Waals surface area contributed by atoms with Crippen LogP contribution in [0.15, 0.2) is 12.1 Å². The molecule has 1 aromatic heterocycles. The molecule has 2 heterocycles. The van der Waals surface area contributed by atoms with E-state index < -0.39 is 0 Å². The SMILES string of the molecule is [NH]c1ccc(N2CCC(O)C2)nc1N. The van der Waals surface area contributed by atoms with Crippen molar-refractivity contribution in [2.24, 2.45) is 0 Å². The van der Waals surface area contributed by atoms with Gasteiger partial charge in [0.1, 0.15) is 5.82 Å². The molecule has 2 rings (SSSR count). The Morgan fingerprint density at radius 1 is 1.57 bits per heavy atom. The minimum absolute atomic E-state index is 0.240. The van der Waals surface area contributed by atoms with Crippen LogP contribution in [0.2, 0.25) is 0 Å². The minimum Gasteiger partial charge on any atom is -0.391 e. The van der Waals surface area contributed by atoms with Crippen LogP contribution in [0.4, 0.5) is 17.3 Å². The smallest absolute Gasteiger partial charge is 0.151 e. The summed E-state index contributed by atoms with van der Waals surface area (Å²) in [6.07, 6.45) is 0.498. The van der Waals surface area contributed by atoms with Crippen molar-refractivity contribution in [3.8, 4) is 0 Å². The molecule has 75 valence electrons. The van der Waals surface area contributed by atoms with E-state index in [1.54, 1.807) is 12.1 Å². The van der Waals surface area contributed by atoms with Crippen LogP contribution in [0.1, 0.15) is 6.42 Å². The lowest BCUT2D eigenvalue weighted by molar-refractivity contribution is 0.198. The van der Waals surface area contributed by atoms with Gasteiger partial charge in [0, 0.05) is 13.1 Å². The van der Waals surface area contributed by atoms with E-state index in [4.69, 9.17) is 11.5 Å². The van der Waals surface area contributed by atoms with Gasteiger partial charge in [-0.25, -0.2) is 4.98 Å². The second-order valence-electron chi connectivity index (χ2n) is 3.49. The van der Waals surface area contributed by atoms with E-state index in [2.05, 4.69) is 4.98 Å². The average Bonchev–Trinajstić information content (AvgIpc) is 2.57. The molecular weight excluding hydrogens is 180 g/mol. The first-order valence-electron chi connectivity index (χ1n) is 4.58. The van der Waals surface area contributed by atoms with Crippen LogP contribution in [0.25, 0.3) is 0 Å². The van der Waals surface area contributed by atoms with E-state index in [9.17, 15) is 5.11 Å². The molecule has 0 aliphatic carbocycles. The van der Waals surface area contributed by atoms with Crippen LogP contribution in [-0.4, -0.2) is 29.3 Å². The maximum Gasteiger partial charge on any atom is 0.151 e. The van der Waals surface area contributed by atoms with Gasteiger partial charge in [0.2, 0.25) is 0 Å². The highest BCUT2D eigenvalue weighted by atomic mass is 16.3. The molecule has 5 heteroatoms. The van der Waals surface area contributed by atoms with E-state index in [1.807, 2.05) is 4.90 Å². The molecule has 0 spiro atoms. The van der Waals surface area contributed by atoms with Crippen molar-refractivity contribution in [2.75, 3.05) is 23.7 Å². The molecule has 1 unspecified atom stereocenters. The molecule has 0 aromatic carbocycles. The molecule has 1 fully saturated rings. The van der Waals surface area contributed by atoms with Crippen molar-refractivity contribution in [2.45, 2.75) is 12.5 Å². The Labute approximate surface area is 82.3 Å². The molecule has 0 saturated carbocycles. The van der Waals surface area contributed by atoms with Crippen molar-refractivity contribution in [3.05, 3.63) is 12.1 Å². The monoisotopic (exact) mass is 193 g/mol. The zero-order valence-electron chi connectivity index (χ0n) is 7.77. The van der Waals surface area contributed by atoms with Gasteiger partial charge in [0.05, 0.1) is 11.8 Å². The number of nitrogens with two attached hydrogens (primary N) is 1. The van der Waals surface area contributed by atoms with Crippen LogP contribution in [-0.2, 0) is 0 Å². The summed E-state index contributed by atoms with van der Waals surface area (Å²) in [5, 5.41) is 9.35. The molecule has 0 amide bonds. The fourth-order valence-corrected chi connectivity index (χ4v) is 1.59. The van der Waals surface area contributed by atoms with Gasteiger partial charge in [-0.3, -0.25) is 5.73 Å².